The lowest BCUT2D eigenvalue weighted by molar-refractivity contribution is -0.137. The van der Waals surface area contributed by atoms with E-state index in [1.807, 2.05) is 25.1 Å². The van der Waals surface area contributed by atoms with Crippen molar-refractivity contribution < 1.29 is 19.1 Å². The highest BCUT2D eigenvalue weighted by atomic mass is 16.5. The minimum atomic E-state index is -0.299. The third-order valence-electron chi connectivity index (χ3n) is 2.62. The fourth-order valence-corrected chi connectivity index (χ4v) is 1.74. The lowest BCUT2D eigenvalue weighted by atomic mass is 10.3. The minimum Gasteiger partial charge on any atom is -0.490 e. The molecule has 2 rings (SSSR count). The zero-order valence-corrected chi connectivity index (χ0v) is 10.7. The monoisotopic (exact) mass is 261 g/mol. The molecule has 0 unspecified atom stereocenters. The molecule has 19 heavy (non-hydrogen) atoms. The molecule has 0 aliphatic carbocycles. The van der Waals surface area contributed by atoms with Crippen molar-refractivity contribution in [1.29, 1.82) is 0 Å². The van der Waals surface area contributed by atoms with Crippen molar-refractivity contribution in [2.45, 2.75) is 6.92 Å². The fourth-order valence-electron chi connectivity index (χ4n) is 1.74. The largest absolute Gasteiger partial charge is 0.490 e. The predicted molar refractivity (Wildman–Crippen MR) is 69.0 cm³/mol. The van der Waals surface area contributed by atoms with Crippen LogP contribution in [0.3, 0.4) is 0 Å². The highest BCUT2D eigenvalue weighted by Crippen LogP contribution is 2.26. The number of rotatable bonds is 6. The van der Waals surface area contributed by atoms with E-state index in [4.69, 9.17) is 9.47 Å². The number of nitrogens with zero attached hydrogens (tertiary/aromatic N) is 1. The average Bonchev–Trinajstić information content (AvgIpc) is 2.72. The standard InChI is InChI=1S/C14H15NO4/c1-2-18-11-5-3-4-6-12(11)19-10-9-15-13(16)7-8-14(15)17/h3-8H,2,9-10H2,1H3. The van der Waals surface area contributed by atoms with Crippen LogP contribution in [0.2, 0.25) is 0 Å². The molecular weight excluding hydrogens is 246 g/mol. The summed E-state index contributed by atoms with van der Waals surface area (Å²) in [5.74, 6) is 0.664. The maximum absolute atomic E-state index is 11.3. The van der Waals surface area contributed by atoms with E-state index >= 15 is 0 Å². The molecule has 0 saturated carbocycles. The number of carbonyl (C=O) groups excluding carboxylic acids is 2. The van der Waals surface area contributed by atoms with Crippen LogP contribution in [-0.2, 0) is 9.59 Å². The van der Waals surface area contributed by atoms with Crippen LogP contribution in [0.25, 0.3) is 0 Å². The summed E-state index contributed by atoms with van der Waals surface area (Å²) in [4.78, 5) is 23.8. The molecule has 0 fully saturated rings. The van der Waals surface area contributed by atoms with Gasteiger partial charge < -0.3 is 9.47 Å². The van der Waals surface area contributed by atoms with Gasteiger partial charge in [-0.1, -0.05) is 12.1 Å². The number of amides is 2. The SMILES string of the molecule is CCOc1ccccc1OCCN1C(=O)C=CC1=O. The molecule has 0 spiro atoms. The first-order valence-electron chi connectivity index (χ1n) is 6.10. The van der Waals surface area contributed by atoms with Crippen LogP contribution >= 0.6 is 0 Å². The van der Waals surface area contributed by atoms with Crippen molar-refractivity contribution in [1.82, 2.24) is 4.90 Å². The first-order chi connectivity index (χ1) is 9.22. The van der Waals surface area contributed by atoms with E-state index in [1.165, 1.54) is 12.2 Å². The number of imide groups is 1. The van der Waals surface area contributed by atoms with Crippen molar-refractivity contribution in [2.75, 3.05) is 19.8 Å². The molecule has 5 heteroatoms. The van der Waals surface area contributed by atoms with Gasteiger partial charge in [0.05, 0.1) is 13.2 Å². The van der Waals surface area contributed by atoms with E-state index in [-0.39, 0.29) is 25.0 Å². The molecule has 0 aromatic heterocycles. The molecule has 100 valence electrons. The Morgan fingerprint density at radius 2 is 1.58 bits per heavy atom. The molecule has 2 amide bonds. The third-order valence-corrected chi connectivity index (χ3v) is 2.62. The first-order valence-corrected chi connectivity index (χ1v) is 6.10. The van der Waals surface area contributed by atoms with Crippen LogP contribution in [0.15, 0.2) is 36.4 Å². The van der Waals surface area contributed by atoms with Crippen LogP contribution in [0.1, 0.15) is 6.92 Å². The summed E-state index contributed by atoms with van der Waals surface area (Å²) in [6.45, 7) is 2.91. The van der Waals surface area contributed by atoms with Crippen molar-refractivity contribution in [3.8, 4) is 11.5 Å². The number of para-hydroxylation sites is 2. The van der Waals surface area contributed by atoms with Crippen LogP contribution in [0.4, 0.5) is 0 Å². The maximum Gasteiger partial charge on any atom is 0.253 e. The van der Waals surface area contributed by atoms with Gasteiger partial charge in [0, 0.05) is 12.2 Å². The number of ether oxygens (including phenoxy) is 2. The fraction of sp³-hybridized carbons (Fsp3) is 0.286. The van der Waals surface area contributed by atoms with Crippen molar-refractivity contribution >= 4 is 11.8 Å². The molecule has 1 aromatic carbocycles. The van der Waals surface area contributed by atoms with Crippen LogP contribution in [0.5, 0.6) is 11.5 Å². The van der Waals surface area contributed by atoms with Crippen LogP contribution < -0.4 is 9.47 Å². The van der Waals surface area contributed by atoms with Crippen molar-refractivity contribution in [3.05, 3.63) is 36.4 Å². The van der Waals surface area contributed by atoms with Gasteiger partial charge in [0.25, 0.3) is 11.8 Å². The summed E-state index contributed by atoms with van der Waals surface area (Å²) in [7, 11) is 0. The summed E-state index contributed by atoms with van der Waals surface area (Å²) in [6.07, 6.45) is 2.52. The first kappa shape index (κ1) is 13.1. The van der Waals surface area contributed by atoms with Gasteiger partial charge in [-0.15, -0.1) is 0 Å². The van der Waals surface area contributed by atoms with Gasteiger partial charge in [0.2, 0.25) is 0 Å². The van der Waals surface area contributed by atoms with Crippen molar-refractivity contribution in [2.24, 2.45) is 0 Å². The summed E-state index contributed by atoms with van der Waals surface area (Å²) in [6, 6.07) is 7.30. The van der Waals surface area contributed by atoms with E-state index in [1.54, 1.807) is 6.07 Å². The Morgan fingerprint density at radius 3 is 2.16 bits per heavy atom. The van der Waals surface area contributed by atoms with Gasteiger partial charge in [0.1, 0.15) is 6.61 Å². The number of benzene rings is 1. The lowest BCUT2D eigenvalue weighted by Crippen LogP contribution is -2.33. The Labute approximate surface area is 111 Å². The van der Waals surface area contributed by atoms with Gasteiger partial charge in [-0.3, -0.25) is 14.5 Å². The Morgan fingerprint density at radius 1 is 1.00 bits per heavy atom. The van der Waals surface area contributed by atoms with Crippen LogP contribution in [-0.4, -0.2) is 36.5 Å². The molecule has 1 aliphatic heterocycles. The van der Waals surface area contributed by atoms with E-state index in [0.29, 0.717) is 18.1 Å². The van der Waals surface area contributed by atoms with E-state index in [2.05, 4.69) is 0 Å². The number of carbonyl (C=O) groups is 2. The van der Waals surface area contributed by atoms with Crippen LogP contribution in [0, 0.1) is 0 Å². The third kappa shape index (κ3) is 3.13. The summed E-state index contributed by atoms with van der Waals surface area (Å²) in [5.41, 5.74) is 0. The molecule has 0 N–H and O–H groups in total. The maximum atomic E-state index is 11.3. The highest BCUT2D eigenvalue weighted by Gasteiger charge is 2.22. The van der Waals surface area contributed by atoms with E-state index in [0.717, 1.165) is 4.90 Å². The molecule has 0 bridgehead atoms. The topological polar surface area (TPSA) is 55.8 Å². The van der Waals surface area contributed by atoms with Gasteiger partial charge >= 0.3 is 0 Å². The zero-order valence-electron chi connectivity index (χ0n) is 10.7. The highest BCUT2D eigenvalue weighted by molar-refractivity contribution is 6.12. The lowest BCUT2D eigenvalue weighted by Gasteiger charge is -2.15. The molecule has 0 atom stereocenters. The number of hydrogen-bond donors (Lipinski definition) is 0. The van der Waals surface area contributed by atoms with Gasteiger partial charge in [0.15, 0.2) is 11.5 Å². The summed E-state index contributed by atoms with van der Waals surface area (Å²) >= 11 is 0. The average molecular weight is 261 g/mol. The smallest absolute Gasteiger partial charge is 0.253 e. The minimum absolute atomic E-state index is 0.227. The van der Waals surface area contributed by atoms with Gasteiger partial charge in [-0.2, -0.15) is 0 Å². The molecule has 5 nitrogen and oxygen atoms in total. The Bertz CT molecular complexity index is 492. The molecular formula is C14H15NO4. The summed E-state index contributed by atoms with van der Waals surface area (Å²) in [5, 5.41) is 0. The molecule has 1 aliphatic rings. The predicted octanol–water partition coefficient (Wildman–Crippen LogP) is 1.39. The second-order valence-electron chi connectivity index (χ2n) is 3.89. The number of hydrogen-bond acceptors (Lipinski definition) is 4. The molecule has 1 aromatic rings. The summed E-state index contributed by atoms with van der Waals surface area (Å²) < 4.78 is 11.0. The normalized spacial score (nSPS) is 14.1. The molecule has 1 heterocycles. The Kier molecular flexibility index (Phi) is 4.18. The van der Waals surface area contributed by atoms with Gasteiger partial charge in [-0.05, 0) is 19.1 Å². The molecule has 0 radical (unpaired) electrons. The van der Waals surface area contributed by atoms with E-state index in [9.17, 15) is 9.59 Å². The van der Waals surface area contributed by atoms with Gasteiger partial charge in [-0.25, -0.2) is 0 Å². The Balaban J connectivity index is 1.89. The zero-order chi connectivity index (χ0) is 13.7. The quantitative estimate of drug-likeness (QED) is 0.726. The Hall–Kier alpha value is -2.30. The van der Waals surface area contributed by atoms with E-state index < -0.39 is 0 Å². The second-order valence-corrected chi connectivity index (χ2v) is 3.89. The van der Waals surface area contributed by atoms with Crippen molar-refractivity contribution in [3.63, 3.8) is 0 Å². The molecule has 0 saturated heterocycles. The second kappa shape index (κ2) is 6.04.